The largest absolute Gasteiger partial charge is 0.481 e. The fraction of sp³-hybridized carbons (Fsp3) is 0.923. The third-order valence-corrected chi connectivity index (χ3v) is 7.81. The zero-order valence-electron chi connectivity index (χ0n) is 21.0. The van der Waals surface area contributed by atoms with Crippen molar-refractivity contribution in [2.24, 2.45) is 11.8 Å². The van der Waals surface area contributed by atoms with E-state index in [0.717, 1.165) is 70.8 Å². The zero-order valence-corrected chi connectivity index (χ0v) is 21.0. The van der Waals surface area contributed by atoms with Gasteiger partial charge in [0.05, 0.1) is 18.6 Å². The first-order valence-electron chi connectivity index (χ1n) is 13.0. The summed E-state index contributed by atoms with van der Waals surface area (Å²) >= 11 is 0. The molecule has 6 atom stereocenters. The molecule has 1 spiro atoms. The Hall–Kier alpha value is -1.18. The Balaban J connectivity index is 1.44. The van der Waals surface area contributed by atoms with Crippen LogP contribution in [0.2, 0.25) is 0 Å². The van der Waals surface area contributed by atoms with Crippen LogP contribution in [0.5, 0.6) is 0 Å². The van der Waals surface area contributed by atoms with E-state index in [-0.39, 0.29) is 47.8 Å². The number of rotatable bonds is 15. The molecule has 7 heteroatoms. The molecule has 0 radical (unpaired) electrons. The Bertz CT molecular complexity index is 659. The number of carbonyl (C=O) groups excluding carboxylic acids is 1. The first kappa shape index (κ1) is 26.4. The minimum absolute atomic E-state index is 0.0736. The lowest BCUT2D eigenvalue weighted by atomic mass is 9.68. The van der Waals surface area contributed by atoms with Crippen LogP contribution in [0.1, 0.15) is 97.8 Å². The number of hydrogen-bond acceptors (Lipinski definition) is 6. The number of unbranched alkanes of at least 4 members (excludes halogenated alkanes) is 5. The Morgan fingerprint density at radius 1 is 1.09 bits per heavy atom. The van der Waals surface area contributed by atoms with E-state index >= 15 is 0 Å². The summed E-state index contributed by atoms with van der Waals surface area (Å²) in [6.07, 6.45) is 9.66. The lowest BCUT2D eigenvalue weighted by Gasteiger charge is -2.42. The number of carboxylic acid groups (broad SMARTS) is 1. The van der Waals surface area contributed by atoms with Crippen LogP contribution >= 0.6 is 0 Å². The van der Waals surface area contributed by atoms with Gasteiger partial charge in [0, 0.05) is 20.0 Å². The summed E-state index contributed by atoms with van der Waals surface area (Å²) in [4.78, 5) is 23.1. The molecule has 2 saturated heterocycles. The molecule has 1 N–H and O–H groups in total. The van der Waals surface area contributed by atoms with Crippen molar-refractivity contribution in [2.45, 2.75) is 127 Å². The topological polar surface area (TPSA) is 97.9 Å². The highest BCUT2D eigenvalue weighted by Gasteiger charge is 2.72. The molecule has 0 unspecified atom stereocenters. The van der Waals surface area contributed by atoms with Gasteiger partial charge in [-0.2, -0.15) is 0 Å². The molecule has 1 saturated carbocycles. The van der Waals surface area contributed by atoms with E-state index in [0.29, 0.717) is 12.3 Å². The van der Waals surface area contributed by atoms with Gasteiger partial charge in [0.15, 0.2) is 0 Å². The quantitative estimate of drug-likeness (QED) is 0.207. The SMILES string of the molecule is CO[C@@H]1[C@H](OC(=O)CCCCCCCCC(=O)O)CC[C@]2(CO2)[C@H]1[C@@]1(C)O[C@@H]1CCC(C)C. The van der Waals surface area contributed by atoms with Crippen LogP contribution in [0, 0.1) is 11.8 Å². The van der Waals surface area contributed by atoms with Gasteiger partial charge >= 0.3 is 11.9 Å². The average molecular weight is 469 g/mol. The van der Waals surface area contributed by atoms with Gasteiger partial charge in [0.25, 0.3) is 0 Å². The van der Waals surface area contributed by atoms with E-state index in [1.165, 1.54) is 0 Å². The van der Waals surface area contributed by atoms with Crippen molar-refractivity contribution in [3.63, 3.8) is 0 Å². The maximum atomic E-state index is 12.6. The summed E-state index contributed by atoms with van der Waals surface area (Å²) in [5.74, 6) is -0.167. The predicted octanol–water partition coefficient (Wildman–Crippen LogP) is 4.89. The summed E-state index contributed by atoms with van der Waals surface area (Å²) in [6.45, 7) is 7.39. The van der Waals surface area contributed by atoms with Gasteiger partial charge in [-0.15, -0.1) is 0 Å². The summed E-state index contributed by atoms with van der Waals surface area (Å²) < 4.78 is 24.1. The van der Waals surface area contributed by atoms with Crippen molar-refractivity contribution < 1.29 is 33.6 Å². The highest BCUT2D eigenvalue weighted by molar-refractivity contribution is 5.69. The molecule has 3 aliphatic rings. The van der Waals surface area contributed by atoms with Gasteiger partial charge in [-0.1, -0.05) is 39.5 Å². The second kappa shape index (κ2) is 11.5. The van der Waals surface area contributed by atoms with Gasteiger partial charge < -0.3 is 24.1 Å². The monoisotopic (exact) mass is 468 g/mol. The molecule has 1 aliphatic carbocycles. The van der Waals surface area contributed by atoms with E-state index in [9.17, 15) is 9.59 Å². The molecule has 0 bridgehead atoms. The number of carboxylic acids is 1. The van der Waals surface area contributed by atoms with E-state index in [1.54, 1.807) is 7.11 Å². The molecule has 3 rings (SSSR count). The van der Waals surface area contributed by atoms with E-state index in [4.69, 9.17) is 24.1 Å². The summed E-state index contributed by atoms with van der Waals surface area (Å²) in [7, 11) is 1.71. The number of esters is 1. The lowest BCUT2D eigenvalue weighted by Crippen LogP contribution is -2.55. The first-order valence-corrected chi connectivity index (χ1v) is 13.0. The van der Waals surface area contributed by atoms with Crippen LogP contribution < -0.4 is 0 Å². The van der Waals surface area contributed by atoms with Crippen LogP contribution in [0.4, 0.5) is 0 Å². The molecular weight excluding hydrogens is 424 g/mol. The molecule has 0 aromatic rings. The third-order valence-electron chi connectivity index (χ3n) is 7.81. The smallest absolute Gasteiger partial charge is 0.306 e. The Morgan fingerprint density at radius 3 is 2.30 bits per heavy atom. The fourth-order valence-corrected chi connectivity index (χ4v) is 5.76. The lowest BCUT2D eigenvalue weighted by molar-refractivity contribution is -0.172. The zero-order chi connectivity index (χ0) is 24.1. The molecule has 0 aromatic carbocycles. The molecule has 2 aliphatic heterocycles. The molecule has 2 heterocycles. The number of hydrogen-bond donors (Lipinski definition) is 1. The van der Waals surface area contributed by atoms with Gasteiger partial charge in [-0.3, -0.25) is 9.59 Å². The van der Waals surface area contributed by atoms with E-state index < -0.39 is 5.97 Å². The van der Waals surface area contributed by atoms with E-state index in [2.05, 4.69) is 20.8 Å². The molecule has 0 aromatic heterocycles. The minimum atomic E-state index is -0.732. The molecular formula is C26H44O7. The fourth-order valence-electron chi connectivity index (χ4n) is 5.76. The van der Waals surface area contributed by atoms with Crippen LogP contribution in [-0.4, -0.2) is 60.3 Å². The molecule has 0 amide bonds. The molecule has 33 heavy (non-hydrogen) atoms. The van der Waals surface area contributed by atoms with Crippen molar-refractivity contribution in [1.29, 1.82) is 0 Å². The van der Waals surface area contributed by atoms with Crippen LogP contribution in [-0.2, 0) is 28.5 Å². The van der Waals surface area contributed by atoms with Crippen LogP contribution in [0.25, 0.3) is 0 Å². The van der Waals surface area contributed by atoms with Crippen molar-refractivity contribution >= 4 is 11.9 Å². The second-order valence-corrected chi connectivity index (χ2v) is 10.9. The highest BCUT2D eigenvalue weighted by Crippen LogP contribution is 2.59. The van der Waals surface area contributed by atoms with Gasteiger partial charge in [-0.25, -0.2) is 0 Å². The number of ether oxygens (including phenoxy) is 4. The van der Waals surface area contributed by atoms with Gasteiger partial charge in [-0.05, 0) is 51.4 Å². The first-order chi connectivity index (χ1) is 15.7. The second-order valence-electron chi connectivity index (χ2n) is 10.9. The Morgan fingerprint density at radius 2 is 1.73 bits per heavy atom. The summed E-state index contributed by atoms with van der Waals surface area (Å²) in [5, 5.41) is 8.67. The number of methoxy groups -OCH3 is 1. The minimum Gasteiger partial charge on any atom is -0.481 e. The highest BCUT2D eigenvalue weighted by atomic mass is 16.6. The average Bonchev–Trinajstić information content (AvgIpc) is 3.67. The third kappa shape index (κ3) is 6.92. The van der Waals surface area contributed by atoms with Gasteiger partial charge in [0.1, 0.15) is 23.4 Å². The standard InChI is InChI=1S/C26H44O7/c1-18(2)13-14-20-25(3,33-20)24-23(30-4)19(15-16-26(24)17-31-26)32-22(29)12-10-8-6-5-7-9-11-21(27)28/h18-20,23-24H,5-17H2,1-4H3,(H,27,28)/t19-,20-,23-,24-,25+,26+/m1/s1. The summed E-state index contributed by atoms with van der Waals surface area (Å²) in [6, 6.07) is 0. The molecule has 3 fully saturated rings. The Labute approximate surface area is 198 Å². The number of aliphatic carboxylic acids is 1. The van der Waals surface area contributed by atoms with Crippen LogP contribution in [0.15, 0.2) is 0 Å². The molecule has 190 valence electrons. The normalized spacial score (nSPS) is 35.1. The number of carbonyl (C=O) groups is 2. The predicted molar refractivity (Wildman–Crippen MR) is 124 cm³/mol. The number of epoxide rings is 2. The maximum Gasteiger partial charge on any atom is 0.306 e. The van der Waals surface area contributed by atoms with Crippen molar-refractivity contribution in [2.75, 3.05) is 13.7 Å². The summed E-state index contributed by atoms with van der Waals surface area (Å²) in [5.41, 5.74) is -0.469. The maximum absolute atomic E-state index is 12.6. The van der Waals surface area contributed by atoms with Crippen molar-refractivity contribution in [3.05, 3.63) is 0 Å². The van der Waals surface area contributed by atoms with Crippen molar-refractivity contribution in [1.82, 2.24) is 0 Å². The van der Waals surface area contributed by atoms with Gasteiger partial charge in [0.2, 0.25) is 0 Å². The Kier molecular flexibility index (Phi) is 9.21. The van der Waals surface area contributed by atoms with Crippen molar-refractivity contribution in [3.8, 4) is 0 Å². The molecule has 7 nitrogen and oxygen atoms in total. The van der Waals surface area contributed by atoms with Crippen LogP contribution in [0.3, 0.4) is 0 Å². The van der Waals surface area contributed by atoms with E-state index in [1.807, 2.05) is 0 Å².